The lowest BCUT2D eigenvalue weighted by Crippen LogP contribution is -2.46. The molecule has 0 aliphatic carbocycles. The van der Waals surface area contributed by atoms with Crippen LogP contribution in [0.15, 0.2) is 29.2 Å². The lowest BCUT2D eigenvalue weighted by atomic mass is 10.1. The molecule has 1 amide bonds. The van der Waals surface area contributed by atoms with Crippen molar-refractivity contribution in [3.63, 3.8) is 0 Å². The SMILES string of the molecule is CCCSc1ccc(CCC(=O)N2CCNCC2)cc1. The second kappa shape index (κ2) is 8.32. The maximum absolute atomic E-state index is 12.1. The van der Waals surface area contributed by atoms with E-state index in [1.54, 1.807) is 0 Å². The van der Waals surface area contributed by atoms with Gasteiger partial charge in [-0.25, -0.2) is 0 Å². The van der Waals surface area contributed by atoms with Crippen LogP contribution in [0, 0.1) is 0 Å². The average Bonchev–Trinajstić information content (AvgIpc) is 2.52. The number of rotatable bonds is 6. The summed E-state index contributed by atoms with van der Waals surface area (Å²) in [4.78, 5) is 15.4. The maximum Gasteiger partial charge on any atom is 0.222 e. The molecule has 110 valence electrons. The summed E-state index contributed by atoms with van der Waals surface area (Å²) in [6.45, 7) is 5.75. The Balaban J connectivity index is 1.76. The zero-order valence-electron chi connectivity index (χ0n) is 12.2. The Morgan fingerprint density at radius 1 is 1.25 bits per heavy atom. The Bertz CT molecular complexity index is 413. The molecule has 3 nitrogen and oxygen atoms in total. The van der Waals surface area contributed by atoms with E-state index in [1.807, 2.05) is 16.7 Å². The third-order valence-electron chi connectivity index (χ3n) is 3.49. The van der Waals surface area contributed by atoms with Crippen molar-refractivity contribution in [3.8, 4) is 0 Å². The first-order valence-electron chi connectivity index (χ1n) is 7.50. The highest BCUT2D eigenvalue weighted by Crippen LogP contribution is 2.19. The first-order chi connectivity index (χ1) is 9.79. The van der Waals surface area contributed by atoms with Crippen LogP contribution in [-0.4, -0.2) is 42.7 Å². The summed E-state index contributed by atoms with van der Waals surface area (Å²) >= 11 is 1.89. The number of piperazine rings is 1. The van der Waals surface area contributed by atoms with E-state index in [-0.39, 0.29) is 5.91 Å². The topological polar surface area (TPSA) is 32.3 Å². The number of aryl methyl sites for hydroxylation is 1. The van der Waals surface area contributed by atoms with Crippen molar-refractivity contribution in [2.24, 2.45) is 0 Å². The molecule has 0 aromatic heterocycles. The van der Waals surface area contributed by atoms with E-state index >= 15 is 0 Å². The molecule has 1 saturated heterocycles. The second-order valence-corrected chi connectivity index (χ2v) is 6.29. The van der Waals surface area contributed by atoms with E-state index < -0.39 is 0 Å². The van der Waals surface area contributed by atoms with Crippen molar-refractivity contribution >= 4 is 17.7 Å². The van der Waals surface area contributed by atoms with Crippen LogP contribution in [0.3, 0.4) is 0 Å². The molecular formula is C16H24N2OS. The zero-order valence-corrected chi connectivity index (χ0v) is 13.0. The van der Waals surface area contributed by atoms with Crippen LogP contribution in [0.25, 0.3) is 0 Å². The maximum atomic E-state index is 12.1. The summed E-state index contributed by atoms with van der Waals surface area (Å²) < 4.78 is 0. The lowest BCUT2D eigenvalue weighted by molar-refractivity contribution is -0.131. The predicted molar refractivity (Wildman–Crippen MR) is 85.2 cm³/mol. The van der Waals surface area contributed by atoms with E-state index in [4.69, 9.17) is 0 Å². The third-order valence-corrected chi connectivity index (χ3v) is 4.71. The molecule has 0 radical (unpaired) electrons. The molecule has 1 heterocycles. The van der Waals surface area contributed by atoms with E-state index in [0.29, 0.717) is 6.42 Å². The van der Waals surface area contributed by atoms with Crippen molar-refractivity contribution in [3.05, 3.63) is 29.8 Å². The zero-order chi connectivity index (χ0) is 14.2. The molecular weight excluding hydrogens is 268 g/mol. The van der Waals surface area contributed by atoms with Crippen molar-refractivity contribution in [2.45, 2.75) is 31.1 Å². The summed E-state index contributed by atoms with van der Waals surface area (Å²) in [5.74, 6) is 1.46. The molecule has 2 rings (SSSR count). The standard InChI is InChI=1S/C16H24N2OS/c1-2-13-20-15-6-3-14(4-7-15)5-8-16(19)18-11-9-17-10-12-18/h3-4,6-7,17H,2,5,8-13H2,1H3. The minimum atomic E-state index is 0.288. The first kappa shape index (κ1) is 15.4. The van der Waals surface area contributed by atoms with Gasteiger partial charge in [-0.3, -0.25) is 4.79 Å². The van der Waals surface area contributed by atoms with Crippen LogP contribution in [0.2, 0.25) is 0 Å². The predicted octanol–water partition coefficient (Wildman–Crippen LogP) is 2.55. The van der Waals surface area contributed by atoms with Crippen LogP contribution in [0.5, 0.6) is 0 Å². The number of thioether (sulfide) groups is 1. The van der Waals surface area contributed by atoms with Gasteiger partial charge in [0.25, 0.3) is 0 Å². The number of nitrogens with one attached hydrogen (secondary N) is 1. The molecule has 1 aromatic rings. The molecule has 1 aliphatic rings. The van der Waals surface area contributed by atoms with Gasteiger partial charge in [0.05, 0.1) is 0 Å². The third kappa shape index (κ3) is 4.84. The Morgan fingerprint density at radius 2 is 1.95 bits per heavy atom. The number of carbonyl (C=O) groups excluding carboxylic acids is 1. The van der Waals surface area contributed by atoms with Gasteiger partial charge in [-0.15, -0.1) is 11.8 Å². The minimum absolute atomic E-state index is 0.288. The molecule has 0 unspecified atom stereocenters. The van der Waals surface area contributed by atoms with Gasteiger partial charge in [-0.2, -0.15) is 0 Å². The fourth-order valence-corrected chi connectivity index (χ4v) is 3.06. The lowest BCUT2D eigenvalue weighted by Gasteiger charge is -2.27. The molecule has 1 aromatic carbocycles. The fourth-order valence-electron chi connectivity index (χ4n) is 2.30. The van der Waals surface area contributed by atoms with Gasteiger partial charge in [-0.05, 0) is 36.3 Å². The Kier molecular flexibility index (Phi) is 6.40. The van der Waals surface area contributed by atoms with Crippen LogP contribution in [-0.2, 0) is 11.2 Å². The highest BCUT2D eigenvalue weighted by atomic mass is 32.2. The number of benzene rings is 1. The van der Waals surface area contributed by atoms with E-state index in [2.05, 4.69) is 36.5 Å². The monoisotopic (exact) mass is 292 g/mol. The molecule has 1 N–H and O–H groups in total. The Morgan fingerprint density at radius 3 is 2.60 bits per heavy atom. The van der Waals surface area contributed by atoms with Gasteiger partial charge in [0.2, 0.25) is 5.91 Å². The molecule has 1 fully saturated rings. The van der Waals surface area contributed by atoms with Gasteiger partial charge in [-0.1, -0.05) is 19.1 Å². The molecule has 0 bridgehead atoms. The minimum Gasteiger partial charge on any atom is -0.340 e. The molecule has 20 heavy (non-hydrogen) atoms. The smallest absolute Gasteiger partial charge is 0.222 e. The van der Waals surface area contributed by atoms with E-state index in [9.17, 15) is 4.79 Å². The van der Waals surface area contributed by atoms with Gasteiger partial charge in [0, 0.05) is 37.5 Å². The van der Waals surface area contributed by atoms with E-state index in [0.717, 1.165) is 32.6 Å². The summed E-state index contributed by atoms with van der Waals surface area (Å²) in [5.41, 5.74) is 1.26. The van der Waals surface area contributed by atoms with Crippen molar-refractivity contribution in [1.82, 2.24) is 10.2 Å². The number of hydrogen-bond acceptors (Lipinski definition) is 3. The van der Waals surface area contributed by atoms with Crippen LogP contribution >= 0.6 is 11.8 Å². The average molecular weight is 292 g/mol. The largest absolute Gasteiger partial charge is 0.340 e. The normalized spacial score (nSPS) is 15.3. The fraction of sp³-hybridized carbons (Fsp3) is 0.562. The summed E-state index contributed by atoms with van der Waals surface area (Å²) in [6, 6.07) is 8.65. The number of nitrogens with zero attached hydrogens (tertiary/aromatic N) is 1. The van der Waals surface area contributed by atoms with Crippen molar-refractivity contribution in [2.75, 3.05) is 31.9 Å². The van der Waals surface area contributed by atoms with Crippen molar-refractivity contribution in [1.29, 1.82) is 0 Å². The molecule has 0 spiro atoms. The number of amides is 1. The molecule has 1 aliphatic heterocycles. The quantitative estimate of drug-likeness (QED) is 0.818. The Labute approximate surface area is 126 Å². The van der Waals surface area contributed by atoms with Gasteiger partial charge >= 0.3 is 0 Å². The number of carbonyl (C=O) groups is 1. The molecule has 0 atom stereocenters. The second-order valence-electron chi connectivity index (χ2n) is 5.12. The number of hydrogen-bond donors (Lipinski definition) is 1. The highest BCUT2D eigenvalue weighted by Gasteiger charge is 2.15. The molecule has 0 saturated carbocycles. The highest BCUT2D eigenvalue weighted by molar-refractivity contribution is 7.99. The van der Waals surface area contributed by atoms with Crippen LogP contribution in [0.1, 0.15) is 25.3 Å². The summed E-state index contributed by atoms with van der Waals surface area (Å²) in [5, 5.41) is 3.27. The first-order valence-corrected chi connectivity index (χ1v) is 8.48. The van der Waals surface area contributed by atoms with Gasteiger partial charge < -0.3 is 10.2 Å². The summed E-state index contributed by atoms with van der Waals surface area (Å²) in [7, 11) is 0. The summed E-state index contributed by atoms with van der Waals surface area (Å²) in [6.07, 6.45) is 2.68. The Hall–Kier alpha value is -1.00. The van der Waals surface area contributed by atoms with E-state index in [1.165, 1.54) is 22.6 Å². The van der Waals surface area contributed by atoms with Crippen LogP contribution < -0.4 is 5.32 Å². The molecule has 4 heteroatoms. The van der Waals surface area contributed by atoms with Gasteiger partial charge in [0.15, 0.2) is 0 Å². The van der Waals surface area contributed by atoms with Crippen molar-refractivity contribution < 1.29 is 4.79 Å². The van der Waals surface area contributed by atoms with Gasteiger partial charge in [0.1, 0.15) is 0 Å². The van der Waals surface area contributed by atoms with Crippen LogP contribution in [0.4, 0.5) is 0 Å².